The summed E-state index contributed by atoms with van der Waals surface area (Å²) in [6.07, 6.45) is 0. The van der Waals surface area contributed by atoms with Gasteiger partial charge in [-0.05, 0) is 43.7 Å². The number of nitrogens with zero attached hydrogens (tertiary/aromatic N) is 2. The van der Waals surface area contributed by atoms with Crippen molar-refractivity contribution in [2.45, 2.75) is 13.8 Å². The van der Waals surface area contributed by atoms with E-state index in [9.17, 15) is 18.4 Å². The molecule has 0 saturated carbocycles. The molecule has 0 fully saturated rings. The first-order valence-electron chi connectivity index (χ1n) is 7.80. The Morgan fingerprint density at radius 1 is 1.04 bits per heavy atom. The molecule has 1 aromatic heterocycles. The van der Waals surface area contributed by atoms with Gasteiger partial charge in [0.15, 0.2) is 5.69 Å². The molecule has 0 aliphatic heterocycles. The standard InChI is InChI=1S/C19H15F2N3O2/c1-11-7-8-13(10-15(11)21)22-19(26)18-17(25)9-12(2)24(23-18)16-6-4-3-5-14(16)20/h3-10H,1-2H3,(H,22,26). The number of aromatic nitrogens is 2. The number of hydrogen-bond donors (Lipinski definition) is 1. The number of rotatable bonds is 3. The number of halogens is 2. The number of aryl methyl sites for hydroxylation is 2. The van der Waals surface area contributed by atoms with Gasteiger partial charge in [0, 0.05) is 17.4 Å². The van der Waals surface area contributed by atoms with Gasteiger partial charge in [-0.1, -0.05) is 18.2 Å². The quantitative estimate of drug-likeness (QED) is 0.783. The molecule has 1 amide bonds. The number of nitrogens with one attached hydrogen (secondary N) is 1. The zero-order valence-electron chi connectivity index (χ0n) is 14.1. The van der Waals surface area contributed by atoms with Gasteiger partial charge in [0.05, 0.1) is 0 Å². The van der Waals surface area contributed by atoms with Crippen molar-refractivity contribution in [2.24, 2.45) is 0 Å². The third-order valence-corrected chi connectivity index (χ3v) is 3.83. The van der Waals surface area contributed by atoms with E-state index < -0.39 is 28.7 Å². The minimum atomic E-state index is -0.802. The van der Waals surface area contributed by atoms with E-state index in [0.717, 1.165) is 6.07 Å². The second kappa shape index (κ2) is 6.87. The smallest absolute Gasteiger partial charge is 0.280 e. The first kappa shape index (κ1) is 17.5. The lowest BCUT2D eigenvalue weighted by Gasteiger charge is -2.12. The molecule has 0 spiro atoms. The summed E-state index contributed by atoms with van der Waals surface area (Å²) in [7, 11) is 0. The van der Waals surface area contributed by atoms with Gasteiger partial charge >= 0.3 is 0 Å². The van der Waals surface area contributed by atoms with Crippen molar-refractivity contribution in [2.75, 3.05) is 5.32 Å². The molecule has 0 bridgehead atoms. The molecule has 1 heterocycles. The van der Waals surface area contributed by atoms with Crippen LogP contribution in [0.5, 0.6) is 0 Å². The Morgan fingerprint density at radius 2 is 1.77 bits per heavy atom. The number of carbonyl (C=O) groups excluding carboxylic acids is 1. The fourth-order valence-electron chi connectivity index (χ4n) is 2.43. The summed E-state index contributed by atoms with van der Waals surface area (Å²) in [4.78, 5) is 24.6. The number of anilines is 1. The molecular formula is C19H15F2N3O2. The monoisotopic (exact) mass is 355 g/mol. The highest BCUT2D eigenvalue weighted by atomic mass is 19.1. The van der Waals surface area contributed by atoms with Crippen molar-refractivity contribution in [1.29, 1.82) is 0 Å². The van der Waals surface area contributed by atoms with Crippen LogP contribution in [0.4, 0.5) is 14.5 Å². The molecule has 26 heavy (non-hydrogen) atoms. The van der Waals surface area contributed by atoms with E-state index in [1.165, 1.54) is 41.1 Å². The SMILES string of the molecule is Cc1ccc(NC(=O)c2nn(-c3ccccc3F)c(C)cc2=O)cc1F. The van der Waals surface area contributed by atoms with Gasteiger partial charge in [-0.2, -0.15) is 5.10 Å². The Bertz CT molecular complexity index is 1060. The summed E-state index contributed by atoms with van der Waals surface area (Å²) < 4.78 is 28.8. The molecule has 0 saturated heterocycles. The predicted octanol–water partition coefficient (Wildman–Crippen LogP) is 3.38. The first-order valence-corrected chi connectivity index (χ1v) is 7.80. The Labute approximate surface area is 147 Å². The summed E-state index contributed by atoms with van der Waals surface area (Å²) in [5, 5.41) is 6.43. The Balaban J connectivity index is 2.01. The van der Waals surface area contributed by atoms with Gasteiger partial charge in [-0.3, -0.25) is 9.59 Å². The molecule has 7 heteroatoms. The van der Waals surface area contributed by atoms with Gasteiger partial charge in [0.2, 0.25) is 5.43 Å². The highest BCUT2D eigenvalue weighted by Gasteiger charge is 2.17. The molecular weight excluding hydrogens is 340 g/mol. The summed E-state index contributed by atoms with van der Waals surface area (Å²) in [6, 6.07) is 11.2. The number of carbonyl (C=O) groups is 1. The number of para-hydroxylation sites is 1. The predicted molar refractivity (Wildman–Crippen MR) is 93.6 cm³/mol. The van der Waals surface area contributed by atoms with Gasteiger partial charge in [-0.15, -0.1) is 0 Å². The van der Waals surface area contributed by atoms with Crippen molar-refractivity contribution in [3.8, 4) is 5.69 Å². The van der Waals surface area contributed by atoms with Crippen LogP contribution < -0.4 is 10.7 Å². The van der Waals surface area contributed by atoms with Crippen molar-refractivity contribution >= 4 is 11.6 Å². The van der Waals surface area contributed by atoms with Crippen LogP contribution in [0, 0.1) is 25.5 Å². The second-order valence-corrected chi connectivity index (χ2v) is 5.78. The third kappa shape index (κ3) is 3.37. The molecule has 0 aliphatic carbocycles. The van der Waals surface area contributed by atoms with Crippen molar-refractivity contribution < 1.29 is 13.6 Å². The first-order chi connectivity index (χ1) is 12.4. The van der Waals surface area contributed by atoms with E-state index in [0.29, 0.717) is 11.3 Å². The van der Waals surface area contributed by atoms with Crippen LogP contribution in [-0.4, -0.2) is 15.7 Å². The van der Waals surface area contributed by atoms with Gasteiger partial charge in [-0.25, -0.2) is 13.5 Å². The van der Waals surface area contributed by atoms with Gasteiger partial charge in [0.1, 0.15) is 17.3 Å². The van der Waals surface area contributed by atoms with Crippen molar-refractivity contribution in [3.63, 3.8) is 0 Å². The van der Waals surface area contributed by atoms with Crippen LogP contribution in [-0.2, 0) is 0 Å². The minimum absolute atomic E-state index is 0.112. The summed E-state index contributed by atoms with van der Waals surface area (Å²) >= 11 is 0. The van der Waals surface area contributed by atoms with Crippen LogP contribution in [0.15, 0.2) is 53.3 Å². The van der Waals surface area contributed by atoms with E-state index in [2.05, 4.69) is 10.4 Å². The van der Waals surface area contributed by atoms with E-state index in [4.69, 9.17) is 0 Å². The largest absolute Gasteiger partial charge is 0.320 e. The van der Waals surface area contributed by atoms with Crippen LogP contribution >= 0.6 is 0 Å². The topological polar surface area (TPSA) is 64.0 Å². The van der Waals surface area contributed by atoms with E-state index in [-0.39, 0.29) is 11.4 Å². The summed E-state index contributed by atoms with van der Waals surface area (Å²) in [5.41, 5.74) is 0.0779. The zero-order valence-corrected chi connectivity index (χ0v) is 14.1. The second-order valence-electron chi connectivity index (χ2n) is 5.78. The average Bonchev–Trinajstić information content (AvgIpc) is 2.59. The lowest BCUT2D eigenvalue weighted by molar-refractivity contribution is 0.101. The van der Waals surface area contributed by atoms with Crippen molar-refractivity contribution in [3.05, 3.63) is 87.3 Å². The normalized spacial score (nSPS) is 10.6. The zero-order chi connectivity index (χ0) is 18.8. The minimum Gasteiger partial charge on any atom is -0.320 e. The lowest BCUT2D eigenvalue weighted by atomic mass is 10.2. The molecule has 0 atom stereocenters. The van der Waals surface area contributed by atoms with E-state index in [1.54, 1.807) is 19.9 Å². The third-order valence-electron chi connectivity index (χ3n) is 3.83. The van der Waals surface area contributed by atoms with Crippen molar-refractivity contribution in [1.82, 2.24) is 9.78 Å². The molecule has 5 nitrogen and oxygen atoms in total. The summed E-state index contributed by atoms with van der Waals surface area (Å²) in [5.74, 6) is -1.83. The Kier molecular flexibility index (Phi) is 4.62. The number of benzene rings is 2. The maximum absolute atomic E-state index is 14.0. The molecule has 3 aromatic rings. The maximum atomic E-state index is 14.0. The van der Waals surface area contributed by atoms with E-state index in [1.807, 2.05) is 0 Å². The molecule has 1 N–H and O–H groups in total. The molecule has 0 unspecified atom stereocenters. The van der Waals surface area contributed by atoms with Crippen LogP contribution in [0.2, 0.25) is 0 Å². The van der Waals surface area contributed by atoms with Crippen LogP contribution in [0.1, 0.15) is 21.7 Å². The van der Waals surface area contributed by atoms with E-state index >= 15 is 0 Å². The highest BCUT2D eigenvalue weighted by Crippen LogP contribution is 2.15. The van der Waals surface area contributed by atoms with Crippen LogP contribution in [0.25, 0.3) is 5.69 Å². The maximum Gasteiger partial charge on any atom is 0.280 e. The molecule has 132 valence electrons. The molecule has 3 rings (SSSR count). The van der Waals surface area contributed by atoms with Gasteiger partial charge < -0.3 is 5.32 Å². The lowest BCUT2D eigenvalue weighted by Crippen LogP contribution is -2.27. The average molecular weight is 355 g/mol. The Hall–Kier alpha value is -3.35. The Morgan fingerprint density at radius 3 is 2.46 bits per heavy atom. The fraction of sp³-hybridized carbons (Fsp3) is 0.105. The molecule has 0 radical (unpaired) electrons. The van der Waals surface area contributed by atoms with Crippen LogP contribution in [0.3, 0.4) is 0 Å². The number of hydrogen-bond acceptors (Lipinski definition) is 3. The highest BCUT2D eigenvalue weighted by molar-refractivity contribution is 6.02. The number of amides is 1. The molecule has 2 aromatic carbocycles. The molecule has 0 aliphatic rings. The summed E-state index contributed by atoms with van der Waals surface area (Å²) in [6.45, 7) is 3.17. The van der Waals surface area contributed by atoms with Gasteiger partial charge in [0.25, 0.3) is 5.91 Å². The fourth-order valence-corrected chi connectivity index (χ4v) is 2.43.